The van der Waals surface area contributed by atoms with Crippen LogP contribution in [0.5, 0.6) is 0 Å². The van der Waals surface area contributed by atoms with Gasteiger partial charge < -0.3 is 24.3 Å². The molecule has 1 N–H and O–H groups in total. The molecule has 0 heterocycles. The van der Waals surface area contributed by atoms with E-state index in [-0.39, 0.29) is 11.4 Å². The summed E-state index contributed by atoms with van der Waals surface area (Å²) in [6.07, 6.45) is -5.09. The molecule has 174 valence electrons. The minimum Gasteiger partial charge on any atom is -0.462 e. The van der Waals surface area contributed by atoms with Gasteiger partial charge in [0.05, 0.1) is 4.92 Å². The van der Waals surface area contributed by atoms with Gasteiger partial charge in [-0.3, -0.25) is 34.1 Å². The lowest BCUT2D eigenvalue weighted by Crippen LogP contribution is -2.52. The molecule has 0 radical (unpaired) electrons. The number of carbonyl (C=O) groups is 5. The Morgan fingerprint density at radius 3 is 2.03 bits per heavy atom. The predicted octanol–water partition coefficient (Wildman–Crippen LogP) is 0.892. The number of nitro groups is 1. The molecule has 13 heteroatoms. The maximum absolute atomic E-state index is 12.9. The molecule has 0 fully saturated rings. The smallest absolute Gasteiger partial charge is 0.303 e. The molecule has 0 bridgehead atoms. The zero-order chi connectivity index (χ0) is 24.4. The number of esters is 4. The highest BCUT2D eigenvalue weighted by atomic mass is 16.6. The van der Waals surface area contributed by atoms with Crippen LogP contribution >= 0.6 is 0 Å². The molecular formula is C19H22N2O11. The van der Waals surface area contributed by atoms with Gasteiger partial charge in [0.1, 0.15) is 6.61 Å². The van der Waals surface area contributed by atoms with Crippen molar-refractivity contribution >= 4 is 41.2 Å². The summed E-state index contributed by atoms with van der Waals surface area (Å²) in [5.41, 5.74) is -0.344. The van der Waals surface area contributed by atoms with Crippen LogP contribution in [0.4, 0.5) is 11.4 Å². The third kappa shape index (κ3) is 8.77. The van der Waals surface area contributed by atoms with Gasteiger partial charge in [-0.05, 0) is 6.07 Å². The summed E-state index contributed by atoms with van der Waals surface area (Å²) in [6, 6.07) is 4.88. The van der Waals surface area contributed by atoms with E-state index in [0.29, 0.717) is 0 Å². The van der Waals surface area contributed by atoms with Crippen molar-refractivity contribution in [2.75, 3.05) is 11.9 Å². The SMILES string of the molecule is CC(=O)OC[C@@H](OC(C)=O)[C@@H](OC(C)=O)[C@H](OC(C)=O)C(=O)Nc1cccc([N+](=O)[O-])c1. The van der Waals surface area contributed by atoms with Crippen molar-refractivity contribution in [3.05, 3.63) is 34.4 Å². The first-order chi connectivity index (χ1) is 14.9. The second-order valence-electron chi connectivity index (χ2n) is 6.35. The number of nitro benzene ring substituents is 1. The van der Waals surface area contributed by atoms with E-state index in [1.807, 2.05) is 0 Å². The van der Waals surface area contributed by atoms with Crippen LogP contribution in [0.3, 0.4) is 0 Å². The van der Waals surface area contributed by atoms with Gasteiger partial charge in [0.2, 0.25) is 6.10 Å². The number of carbonyl (C=O) groups excluding carboxylic acids is 5. The van der Waals surface area contributed by atoms with Gasteiger partial charge in [0, 0.05) is 45.5 Å². The Bertz CT molecular complexity index is 899. The lowest BCUT2D eigenvalue weighted by Gasteiger charge is -2.30. The number of hydrogen-bond acceptors (Lipinski definition) is 11. The molecule has 13 nitrogen and oxygen atoms in total. The van der Waals surface area contributed by atoms with E-state index in [1.54, 1.807) is 0 Å². The summed E-state index contributed by atoms with van der Waals surface area (Å²) in [7, 11) is 0. The monoisotopic (exact) mass is 454 g/mol. The number of nitrogens with zero attached hydrogens (tertiary/aromatic N) is 1. The molecule has 0 aromatic heterocycles. The van der Waals surface area contributed by atoms with E-state index in [0.717, 1.165) is 33.8 Å². The summed E-state index contributed by atoms with van der Waals surface area (Å²) in [4.78, 5) is 69.1. The molecule has 0 unspecified atom stereocenters. The second kappa shape index (κ2) is 12.0. The minimum atomic E-state index is -1.87. The molecule has 0 aliphatic carbocycles. The maximum Gasteiger partial charge on any atom is 0.303 e. The average molecular weight is 454 g/mol. The molecule has 0 saturated heterocycles. The molecule has 1 rings (SSSR count). The third-order valence-corrected chi connectivity index (χ3v) is 3.61. The Morgan fingerprint density at radius 2 is 1.53 bits per heavy atom. The Morgan fingerprint density at radius 1 is 0.938 bits per heavy atom. The van der Waals surface area contributed by atoms with Crippen molar-refractivity contribution < 1.29 is 47.8 Å². The van der Waals surface area contributed by atoms with Gasteiger partial charge in [0.25, 0.3) is 11.6 Å². The van der Waals surface area contributed by atoms with Gasteiger partial charge in [-0.15, -0.1) is 0 Å². The number of nitrogens with one attached hydrogen (secondary N) is 1. The third-order valence-electron chi connectivity index (χ3n) is 3.61. The van der Waals surface area contributed by atoms with E-state index in [1.165, 1.54) is 18.2 Å². The Kier molecular flexibility index (Phi) is 9.73. The van der Waals surface area contributed by atoms with E-state index >= 15 is 0 Å². The van der Waals surface area contributed by atoms with Crippen LogP contribution in [0.25, 0.3) is 0 Å². The second-order valence-corrected chi connectivity index (χ2v) is 6.35. The van der Waals surface area contributed by atoms with Crippen LogP contribution < -0.4 is 5.32 Å². The van der Waals surface area contributed by atoms with Crippen LogP contribution in [0, 0.1) is 10.1 Å². The van der Waals surface area contributed by atoms with Crippen LogP contribution in [-0.2, 0) is 42.9 Å². The molecule has 1 aromatic rings. The molecular weight excluding hydrogens is 432 g/mol. The van der Waals surface area contributed by atoms with Gasteiger partial charge in [0.15, 0.2) is 12.2 Å². The first kappa shape index (κ1) is 26.0. The average Bonchev–Trinajstić information content (AvgIpc) is 2.67. The van der Waals surface area contributed by atoms with Crippen molar-refractivity contribution in [2.45, 2.75) is 46.0 Å². The summed E-state index contributed by atoms with van der Waals surface area (Å²) in [5, 5.41) is 13.3. The molecule has 3 atom stereocenters. The summed E-state index contributed by atoms with van der Waals surface area (Å²) in [6.45, 7) is 3.45. The molecule has 0 aliphatic heterocycles. The fourth-order valence-corrected chi connectivity index (χ4v) is 2.49. The first-order valence-electron chi connectivity index (χ1n) is 9.11. The molecule has 0 aliphatic rings. The van der Waals surface area contributed by atoms with Crippen molar-refractivity contribution in [1.29, 1.82) is 0 Å². The van der Waals surface area contributed by atoms with E-state index in [9.17, 15) is 34.1 Å². The fourth-order valence-electron chi connectivity index (χ4n) is 2.49. The van der Waals surface area contributed by atoms with Gasteiger partial charge >= 0.3 is 23.9 Å². The topological polar surface area (TPSA) is 177 Å². The number of benzene rings is 1. The highest BCUT2D eigenvalue weighted by Gasteiger charge is 2.42. The van der Waals surface area contributed by atoms with E-state index in [4.69, 9.17) is 18.9 Å². The zero-order valence-corrected chi connectivity index (χ0v) is 17.7. The van der Waals surface area contributed by atoms with Crippen molar-refractivity contribution in [2.24, 2.45) is 0 Å². The molecule has 0 spiro atoms. The number of hydrogen-bond donors (Lipinski definition) is 1. The summed E-state index contributed by atoms with van der Waals surface area (Å²) < 4.78 is 19.9. The summed E-state index contributed by atoms with van der Waals surface area (Å²) >= 11 is 0. The maximum atomic E-state index is 12.9. The number of anilines is 1. The Balaban J connectivity index is 3.32. The van der Waals surface area contributed by atoms with E-state index < -0.39 is 59.6 Å². The number of non-ortho nitro benzene ring substituents is 1. The van der Waals surface area contributed by atoms with Crippen LogP contribution in [0.15, 0.2) is 24.3 Å². The van der Waals surface area contributed by atoms with Crippen molar-refractivity contribution in [3.63, 3.8) is 0 Å². The highest BCUT2D eigenvalue weighted by molar-refractivity contribution is 5.96. The fraction of sp³-hybridized carbons (Fsp3) is 0.421. The van der Waals surface area contributed by atoms with Crippen molar-refractivity contribution in [1.82, 2.24) is 0 Å². The highest BCUT2D eigenvalue weighted by Crippen LogP contribution is 2.20. The van der Waals surface area contributed by atoms with Gasteiger partial charge in [-0.25, -0.2) is 0 Å². The number of ether oxygens (including phenoxy) is 4. The largest absolute Gasteiger partial charge is 0.462 e. The van der Waals surface area contributed by atoms with Crippen LogP contribution in [0.1, 0.15) is 27.7 Å². The molecule has 0 saturated carbocycles. The number of amides is 1. The normalized spacial score (nSPS) is 13.0. The quantitative estimate of drug-likeness (QED) is 0.230. The van der Waals surface area contributed by atoms with Crippen LogP contribution in [0.2, 0.25) is 0 Å². The lowest BCUT2D eigenvalue weighted by atomic mass is 10.1. The van der Waals surface area contributed by atoms with Gasteiger partial charge in [-0.2, -0.15) is 0 Å². The number of rotatable bonds is 10. The molecule has 1 aromatic carbocycles. The van der Waals surface area contributed by atoms with E-state index in [2.05, 4.69) is 5.32 Å². The van der Waals surface area contributed by atoms with Gasteiger partial charge in [-0.1, -0.05) is 6.07 Å². The van der Waals surface area contributed by atoms with Crippen molar-refractivity contribution in [3.8, 4) is 0 Å². The minimum absolute atomic E-state index is 0.0213. The first-order valence-corrected chi connectivity index (χ1v) is 9.11. The Labute approximate surface area is 182 Å². The zero-order valence-electron chi connectivity index (χ0n) is 17.7. The van der Waals surface area contributed by atoms with Crippen LogP contribution in [-0.4, -0.2) is 59.6 Å². The lowest BCUT2D eigenvalue weighted by molar-refractivity contribution is -0.384. The molecule has 32 heavy (non-hydrogen) atoms. The molecule has 1 amide bonds. The standard InChI is InChI=1S/C19H22N2O11/c1-10(22)29-9-16(30-11(2)23)17(31-12(3)24)18(32-13(4)25)19(26)20-14-6-5-7-15(8-14)21(27)28/h5-8,16-18H,9H2,1-4H3,(H,20,26)/t16-,17-,18+/m1/s1. The Hall–Kier alpha value is -4.03. The predicted molar refractivity (Wildman–Crippen MR) is 105 cm³/mol. The summed E-state index contributed by atoms with van der Waals surface area (Å²) in [5.74, 6) is -4.54.